The molecule has 0 aliphatic heterocycles. The number of esters is 1. The predicted octanol–water partition coefficient (Wildman–Crippen LogP) is 6.17. The van der Waals surface area contributed by atoms with E-state index in [0.717, 1.165) is 25.7 Å². The maximum absolute atomic E-state index is 12.2. The highest BCUT2D eigenvalue weighted by Gasteiger charge is 2.38. The number of unbranched alkanes of at least 4 members (excludes halogenated alkanes) is 10. The van der Waals surface area contributed by atoms with E-state index < -0.39 is 5.41 Å². The summed E-state index contributed by atoms with van der Waals surface area (Å²) in [4.78, 5) is 12.2. The Labute approximate surface area is 143 Å². The highest BCUT2D eigenvalue weighted by molar-refractivity contribution is 5.79. The lowest BCUT2D eigenvalue weighted by atomic mass is 9.79. The van der Waals surface area contributed by atoms with E-state index in [1.54, 1.807) is 0 Å². The summed E-state index contributed by atoms with van der Waals surface area (Å²) in [5.74, 6) is -0.331. The Bertz CT molecular complexity index is 317. The van der Waals surface area contributed by atoms with Gasteiger partial charge in [0, 0.05) is 0 Å². The fraction of sp³-hybridized carbons (Fsp3) is 0.900. The molecular formula is C20H37NO2. The lowest BCUT2D eigenvalue weighted by Crippen LogP contribution is -2.31. The molecule has 0 aromatic rings. The molecule has 0 radical (unpaired) electrons. The van der Waals surface area contributed by atoms with Gasteiger partial charge in [-0.15, -0.1) is 0 Å². The maximum Gasteiger partial charge on any atom is 0.326 e. The van der Waals surface area contributed by atoms with Gasteiger partial charge in [0.15, 0.2) is 5.41 Å². The summed E-state index contributed by atoms with van der Waals surface area (Å²) in [6.45, 7) is 4.41. The fourth-order valence-corrected chi connectivity index (χ4v) is 3.10. The van der Waals surface area contributed by atoms with Crippen LogP contribution in [0.25, 0.3) is 0 Å². The van der Waals surface area contributed by atoms with Crippen LogP contribution >= 0.6 is 0 Å². The molecule has 0 aromatic heterocycles. The number of nitrogens with zero attached hydrogens (tertiary/aromatic N) is 1. The number of carbonyl (C=O) groups excluding carboxylic acids is 1. The van der Waals surface area contributed by atoms with Gasteiger partial charge in [-0.1, -0.05) is 90.9 Å². The summed E-state index contributed by atoms with van der Waals surface area (Å²) in [6.07, 6.45) is 15.4. The molecule has 134 valence electrons. The van der Waals surface area contributed by atoms with Gasteiger partial charge in [-0.05, 0) is 12.8 Å². The molecule has 0 aliphatic rings. The Morgan fingerprint density at radius 1 is 0.826 bits per heavy atom. The minimum atomic E-state index is -0.912. The number of hydrogen-bond acceptors (Lipinski definition) is 3. The second kappa shape index (κ2) is 14.5. The van der Waals surface area contributed by atoms with Crippen LogP contribution in [0.5, 0.6) is 0 Å². The average Bonchev–Trinajstić information content (AvgIpc) is 2.58. The topological polar surface area (TPSA) is 50.1 Å². The van der Waals surface area contributed by atoms with E-state index in [4.69, 9.17) is 4.74 Å². The highest BCUT2D eigenvalue weighted by atomic mass is 16.5. The number of hydrogen-bond donors (Lipinski definition) is 0. The van der Waals surface area contributed by atoms with E-state index in [1.807, 2.05) is 0 Å². The van der Waals surface area contributed by atoms with Gasteiger partial charge in [0.1, 0.15) is 0 Å². The minimum Gasteiger partial charge on any atom is -0.468 e. The predicted molar refractivity (Wildman–Crippen MR) is 96.0 cm³/mol. The van der Waals surface area contributed by atoms with Crippen LogP contribution in [0.1, 0.15) is 104 Å². The van der Waals surface area contributed by atoms with Crippen LogP contribution in [0.15, 0.2) is 0 Å². The lowest BCUT2D eigenvalue weighted by Gasteiger charge is -2.23. The van der Waals surface area contributed by atoms with Gasteiger partial charge in [0.2, 0.25) is 0 Å². The third-order valence-corrected chi connectivity index (χ3v) is 4.70. The second-order valence-corrected chi connectivity index (χ2v) is 6.72. The van der Waals surface area contributed by atoms with Crippen molar-refractivity contribution in [1.82, 2.24) is 0 Å². The Morgan fingerprint density at radius 2 is 1.22 bits per heavy atom. The molecule has 0 saturated heterocycles. The first kappa shape index (κ1) is 22.0. The molecule has 0 fully saturated rings. The smallest absolute Gasteiger partial charge is 0.326 e. The summed E-state index contributed by atoms with van der Waals surface area (Å²) >= 11 is 0. The van der Waals surface area contributed by atoms with E-state index in [1.165, 1.54) is 58.5 Å². The van der Waals surface area contributed by atoms with Crippen molar-refractivity contribution in [3.63, 3.8) is 0 Å². The van der Waals surface area contributed by atoms with Gasteiger partial charge < -0.3 is 4.74 Å². The third kappa shape index (κ3) is 9.64. The molecule has 0 spiro atoms. The minimum absolute atomic E-state index is 0.331. The van der Waals surface area contributed by atoms with Gasteiger partial charge in [-0.2, -0.15) is 5.26 Å². The number of rotatable bonds is 15. The first-order valence-corrected chi connectivity index (χ1v) is 9.66. The number of carbonyl (C=O) groups is 1. The molecular weight excluding hydrogens is 286 g/mol. The molecule has 23 heavy (non-hydrogen) atoms. The molecule has 0 aliphatic carbocycles. The summed E-state index contributed by atoms with van der Waals surface area (Å²) in [5.41, 5.74) is -0.912. The van der Waals surface area contributed by atoms with Crippen molar-refractivity contribution in [2.45, 2.75) is 104 Å². The molecule has 0 rings (SSSR count). The molecule has 0 bridgehead atoms. The van der Waals surface area contributed by atoms with E-state index in [-0.39, 0.29) is 5.97 Å². The van der Waals surface area contributed by atoms with Gasteiger partial charge in [-0.25, -0.2) is 0 Å². The first-order valence-electron chi connectivity index (χ1n) is 9.66. The van der Waals surface area contributed by atoms with Gasteiger partial charge in [0.25, 0.3) is 0 Å². The normalized spacial score (nSPS) is 11.2. The lowest BCUT2D eigenvalue weighted by molar-refractivity contribution is -0.150. The molecule has 0 atom stereocenters. The SMILES string of the molecule is CCCCCCCCC(C#N)(CCCCCCCC)C(=O)OC. The molecule has 0 saturated carbocycles. The number of nitriles is 1. The van der Waals surface area contributed by atoms with Crippen LogP contribution in [-0.2, 0) is 9.53 Å². The van der Waals surface area contributed by atoms with Crippen LogP contribution in [0, 0.1) is 16.7 Å². The monoisotopic (exact) mass is 323 g/mol. The van der Waals surface area contributed by atoms with Crippen LogP contribution in [0.2, 0.25) is 0 Å². The van der Waals surface area contributed by atoms with Gasteiger partial charge >= 0.3 is 5.97 Å². The van der Waals surface area contributed by atoms with Crippen molar-refractivity contribution in [3.05, 3.63) is 0 Å². The van der Waals surface area contributed by atoms with Gasteiger partial charge in [-0.3, -0.25) is 4.79 Å². The molecule has 0 N–H and O–H groups in total. The Hall–Kier alpha value is -1.04. The first-order chi connectivity index (χ1) is 11.2. The largest absolute Gasteiger partial charge is 0.468 e. The van der Waals surface area contributed by atoms with Crippen LogP contribution in [0.4, 0.5) is 0 Å². The van der Waals surface area contributed by atoms with Gasteiger partial charge in [0.05, 0.1) is 13.2 Å². The van der Waals surface area contributed by atoms with E-state index in [2.05, 4.69) is 19.9 Å². The van der Waals surface area contributed by atoms with E-state index in [9.17, 15) is 10.1 Å². The van der Waals surface area contributed by atoms with Crippen LogP contribution in [-0.4, -0.2) is 13.1 Å². The summed E-state index contributed by atoms with van der Waals surface area (Å²) in [5, 5.41) is 9.61. The van der Waals surface area contributed by atoms with Crippen LogP contribution in [0.3, 0.4) is 0 Å². The zero-order valence-corrected chi connectivity index (χ0v) is 15.7. The summed E-state index contributed by atoms with van der Waals surface area (Å²) in [7, 11) is 1.40. The standard InChI is InChI=1S/C20H37NO2/c1-4-6-8-10-12-14-16-20(18-21,19(22)23-3)17-15-13-11-9-7-5-2/h4-17H2,1-3H3. The maximum atomic E-state index is 12.2. The molecule has 3 heteroatoms. The second-order valence-electron chi connectivity index (χ2n) is 6.72. The number of ether oxygens (including phenoxy) is 1. The van der Waals surface area contributed by atoms with E-state index >= 15 is 0 Å². The fourth-order valence-electron chi connectivity index (χ4n) is 3.10. The summed E-state index contributed by atoms with van der Waals surface area (Å²) < 4.78 is 4.94. The highest BCUT2D eigenvalue weighted by Crippen LogP contribution is 2.33. The zero-order chi connectivity index (χ0) is 17.4. The Balaban J connectivity index is 4.25. The number of methoxy groups -OCH3 is 1. The van der Waals surface area contributed by atoms with Crippen molar-refractivity contribution < 1.29 is 9.53 Å². The molecule has 0 aromatic carbocycles. The molecule has 0 unspecified atom stereocenters. The molecule has 0 heterocycles. The van der Waals surface area contributed by atoms with Crippen LogP contribution < -0.4 is 0 Å². The quantitative estimate of drug-likeness (QED) is 0.267. The Kier molecular flexibility index (Phi) is 13.9. The Morgan fingerprint density at radius 3 is 1.57 bits per heavy atom. The molecule has 3 nitrogen and oxygen atoms in total. The van der Waals surface area contributed by atoms with Crippen molar-refractivity contribution in [2.75, 3.05) is 7.11 Å². The van der Waals surface area contributed by atoms with Crippen molar-refractivity contribution in [1.29, 1.82) is 5.26 Å². The van der Waals surface area contributed by atoms with Crippen molar-refractivity contribution in [2.24, 2.45) is 5.41 Å². The third-order valence-electron chi connectivity index (χ3n) is 4.70. The molecule has 0 amide bonds. The van der Waals surface area contributed by atoms with Crippen molar-refractivity contribution in [3.8, 4) is 6.07 Å². The average molecular weight is 324 g/mol. The zero-order valence-electron chi connectivity index (χ0n) is 15.7. The van der Waals surface area contributed by atoms with Crippen molar-refractivity contribution >= 4 is 5.97 Å². The summed E-state index contributed by atoms with van der Waals surface area (Å²) in [6, 6.07) is 2.30. The van der Waals surface area contributed by atoms with E-state index in [0.29, 0.717) is 12.8 Å².